The maximum Gasteiger partial charge on any atom is 0.261 e. The van der Waals surface area contributed by atoms with Crippen LogP contribution in [0.4, 0.5) is 10.1 Å². The number of halogens is 2. The van der Waals surface area contributed by atoms with Crippen molar-refractivity contribution in [2.24, 2.45) is 0 Å². The van der Waals surface area contributed by atoms with Crippen LogP contribution in [0.3, 0.4) is 0 Å². The van der Waals surface area contributed by atoms with Gasteiger partial charge in [0.2, 0.25) is 11.3 Å². The van der Waals surface area contributed by atoms with Crippen molar-refractivity contribution in [3.8, 4) is 17.3 Å². The van der Waals surface area contributed by atoms with Gasteiger partial charge in [0.05, 0.1) is 16.5 Å². The number of hydrogen-bond acceptors (Lipinski definition) is 6. The molecular formula is C27H16BrFN6O3. The van der Waals surface area contributed by atoms with Gasteiger partial charge in [0.15, 0.2) is 0 Å². The van der Waals surface area contributed by atoms with Gasteiger partial charge in [-0.25, -0.2) is 19.3 Å². The monoisotopic (exact) mass is 570 g/mol. The van der Waals surface area contributed by atoms with Crippen molar-refractivity contribution in [3.05, 3.63) is 112 Å². The summed E-state index contributed by atoms with van der Waals surface area (Å²) in [7, 11) is 0. The van der Waals surface area contributed by atoms with Crippen molar-refractivity contribution >= 4 is 49.6 Å². The minimum absolute atomic E-state index is 0.147. The first-order valence-corrected chi connectivity index (χ1v) is 12.1. The number of nitrogens with zero attached hydrogens (tertiary/aromatic N) is 4. The number of hydrogen-bond donors (Lipinski definition) is 2. The van der Waals surface area contributed by atoms with Gasteiger partial charge in [0.1, 0.15) is 34.8 Å². The molecule has 0 spiro atoms. The van der Waals surface area contributed by atoms with Crippen LogP contribution in [-0.4, -0.2) is 30.4 Å². The van der Waals surface area contributed by atoms with E-state index in [-0.39, 0.29) is 22.3 Å². The van der Waals surface area contributed by atoms with E-state index in [4.69, 9.17) is 4.74 Å². The first-order chi connectivity index (χ1) is 18.5. The van der Waals surface area contributed by atoms with E-state index in [0.29, 0.717) is 27.4 Å². The minimum Gasteiger partial charge on any atom is -0.438 e. The Bertz CT molecular complexity index is 1900. The van der Waals surface area contributed by atoms with Gasteiger partial charge in [-0.15, -0.1) is 0 Å². The number of carbonyl (C=O) groups excluding carboxylic acids is 1. The summed E-state index contributed by atoms with van der Waals surface area (Å²) in [6.07, 6.45) is 5.94. The van der Waals surface area contributed by atoms with Gasteiger partial charge >= 0.3 is 0 Å². The number of amides is 1. The zero-order valence-corrected chi connectivity index (χ0v) is 20.9. The highest BCUT2D eigenvalue weighted by molar-refractivity contribution is 9.10. The molecule has 0 radical (unpaired) electrons. The highest BCUT2D eigenvalue weighted by Gasteiger charge is 2.19. The lowest BCUT2D eigenvalue weighted by atomic mass is 10.1. The summed E-state index contributed by atoms with van der Waals surface area (Å²) in [5, 5.41) is 3.64. The highest BCUT2D eigenvalue weighted by atomic mass is 79.9. The molecule has 6 aromatic rings. The quantitative estimate of drug-likeness (QED) is 0.278. The van der Waals surface area contributed by atoms with Crippen LogP contribution < -0.4 is 15.5 Å². The molecule has 0 aliphatic rings. The second-order valence-electron chi connectivity index (χ2n) is 8.21. The van der Waals surface area contributed by atoms with E-state index in [2.05, 4.69) is 41.2 Å². The molecule has 0 saturated heterocycles. The first kappa shape index (κ1) is 23.5. The van der Waals surface area contributed by atoms with Gasteiger partial charge in [0.25, 0.3) is 5.91 Å². The van der Waals surface area contributed by atoms with E-state index in [1.807, 2.05) is 6.07 Å². The molecule has 0 saturated carbocycles. The number of benzene rings is 2. The largest absolute Gasteiger partial charge is 0.438 e. The number of rotatable bonds is 5. The third-order valence-corrected chi connectivity index (χ3v) is 6.31. The normalized spacial score (nSPS) is 11.1. The predicted octanol–water partition coefficient (Wildman–Crippen LogP) is 5.60. The topological polar surface area (TPSA) is 115 Å². The number of aromatic nitrogens is 5. The van der Waals surface area contributed by atoms with E-state index in [1.54, 1.807) is 48.7 Å². The lowest BCUT2D eigenvalue weighted by Gasteiger charge is -2.14. The summed E-state index contributed by atoms with van der Waals surface area (Å²) >= 11 is 3.24. The van der Waals surface area contributed by atoms with Crippen LogP contribution in [0.25, 0.3) is 27.8 Å². The van der Waals surface area contributed by atoms with Gasteiger partial charge in [-0.2, -0.15) is 0 Å². The summed E-state index contributed by atoms with van der Waals surface area (Å²) in [5.74, 6) is -0.310. The van der Waals surface area contributed by atoms with Crippen LogP contribution >= 0.6 is 15.9 Å². The fourth-order valence-corrected chi connectivity index (χ4v) is 4.36. The van der Waals surface area contributed by atoms with Crippen LogP contribution in [0.1, 0.15) is 10.4 Å². The Labute approximate surface area is 222 Å². The zero-order chi connectivity index (χ0) is 26.2. The molecule has 38 heavy (non-hydrogen) atoms. The second kappa shape index (κ2) is 9.52. The lowest BCUT2D eigenvalue weighted by molar-refractivity contribution is 0.102. The summed E-state index contributed by atoms with van der Waals surface area (Å²) in [6, 6.07) is 16.1. The maximum absolute atomic E-state index is 14.8. The number of pyridine rings is 2. The van der Waals surface area contributed by atoms with Gasteiger partial charge in [-0.1, -0.05) is 15.9 Å². The fourth-order valence-electron chi connectivity index (χ4n) is 4.03. The minimum atomic E-state index is -0.648. The molecule has 2 N–H and O–H groups in total. The van der Waals surface area contributed by atoms with Crippen LogP contribution in [0.15, 0.2) is 94.8 Å². The molecule has 0 aliphatic carbocycles. The van der Waals surface area contributed by atoms with Crippen LogP contribution in [0.2, 0.25) is 0 Å². The molecule has 6 rings (SSSR count). The Morgan fingerprint density at radius 3 is 2.68 bits per heavy atom. The van der Waals surface area contributed by atoms with Crippen molar-refractivity contribution in [3.63, 3.8) is 0 Å². The highest BCUT2D eigenvalue weighted by Crippen LogP contribution is 2.27. The van der Waals surface area contributed by atoms with Crippen LogP contribution in [0.5, 0.6) is 11.6 Å². The fraction of sp³-hybridized carbons (Fsp3) is 0. The van der Waals surface area contributed by atoms with Crippen LogP contribution in [-0.2, 0) is 0 Å². The van der Waals surface area contributed by atoms with Crippen molar-refractivity contribution in [2.45, 2.75) is 0 Å². The zero-order valence-electron chi connectivity index (χ0n) is 19.4. The first-order valence-electron chi connectivity index (χ1n) is 11.3. The van der Waals surface area contributed by atoms with E-state index >= 15 is 0 Å². The predicted molar refractivity (Wildman–Crippen MR) is 143 cm³/mol. The number of carbonyl (C=O) groups is 1. The number of aromatic amines is 1. The summed E-state index contributed by atoms with van der Waals surface area (Å²) in [5.41, 5.74) is 0.788. The average molecular weight is 571 g/mol. The molecule has 1 amide bonds. The lowest BCUT2D eigenvalue weighted by Crippen LogP contribution is -2.24. The Kier molecular flexibility index (Phi) is 5.89. The standard InChI is InChI=1S/C27H16BrFN6O3/c28-15-3-8-22(21(29)12-15)35-13-20(23(36)18-2-1-10-31-25(18)35)26(37)34-16-4-6-17(7-5-16)38-27-19-9-11-30-24(19)32-14-33-27/h1-14H,(H,34,37)(H,30,32,33). The molecule has 0 unspecified atom stereocenters. The summed E-state index contributed by atoms with van der Waals surface area (Å²) in [6.45, 7) is 0. The summed E-state index contributed by atoms with van der Waals surface area (Å²) < 4.78 is 22.6. The van der Waals surface area contributed by atoms with Crippen molar-refractivity contribution < 1.29 is 13.9 Å². The Morgan fingerprint density at radius 1 is 1.03 bits per heavy atom. The molecule has 0 aliphatic heterocycles. The van der Waals surface area contributed by atoms with Gasteiger partial charge in [-0.05, 0) is 60.7 Å². The summed E-state index contributed by atoms with van der Waals surface area (Å²) in [4.78, 5) is 41.9. The SMILES string of the molecule is O=C(Nc1ccc(Oc2ncnc3[nH]ccc23)cc1)c1cn(-c2ccc(Br)cc2F)c2ncccc2c1=O. The number of H-pyrrole nitrogens is 1. The molecule has 186 valence electrons. The molecule has 0 fully saturated rings. The third-order valence-electron chi connectivity index (χ3n) is 5.82. The molecule has 4 aromatic heterocycles. The second-order valence-corrected chi connectivity index (χ2v) is 9.13. The Balaban J connectivity index is 1.31. The smallest absolute Gasteiger partial charge is 0.261 e. The van der Waals surface area contributed by atoms with Gasteiger partial charge in [0, 0.05) is 28.8 Å². The van der Waals surface area contributed by atoms with Crippen LogP contribution in [0, 0.1) is 5.82 Å². The van der Waals surface area contributed by atoms with Gasteiger partial charge < -0.3 is 15.0 Å². The number of anilines is 1. The molecular weight excluding hydrogens is 555 g/mol. The number of ether oxygens (including phenoxy) is 1. The Morgan fingerprint density at radius 2 is 1.87 bits per heavy atom. The molecule has 2 aromatic carbocycles. The molecule has 9 nitrogen and oxygen atoms in total. The van der Waals surface area contributed by atoms with E-state index < -0.39 is 17.2 Å². The van der Waals surface area contributed by atoms with Crippen molar-refractivity contribution in [1.82, 2.24) is 24.5 Å². The van der Waals surface area contributed by atoms with E-state index in [1.165, 1.54) is 35.4 Å². The molecule has 0 bridgehead atoms. The van der Waals surface area contributed by atoms with Gasteiger partial charge in [-0.3, -0.25) is 14.2 Å². The molecule has 4 heterocycles. The maximum atomic E-state index is 14.8. The van der Waals surface area contributed by atoms with Crippen molar-refractivity contribution in [1.29, 1.82) is 0 Å². The third kappa shape index (κ3) is 4.28. The number of fused-ring (bicyclic) bond motifs is 2. The van der Waals surface area contributed by atoms with E-state index in [9.17, 15) is 14.0 Å². The molecule has 0 atom stereocenters. The number of nitrogens with one attached hydrogen (secondary N) is 2. The van der Waals surface area contributed by atoms with E-state index in [0.717, 1.165) is 5.39 Å². The van der Waals surface area contributed by atoms with Crippen molar-refractivity contribution in [2.75, 3.05) is 5.32 Å². The molecule has 11 heteroatoms. The average Bonchev–Trinajstić information content (AvgIpc) is 3.41. The Hall–Kier alpha value is -4.90.